The number of hydrogen-bond donors (Lipinski definition) is 2. The van der Waals surface area contributed by atoms with Crippen molar-refractivity contribution >= 4 is 16.9 Å². The minimum atomic E-state index is -0.768. The quantitative estimate of drug-likeness (QED) is 0.864. The number of aryl methyl sites for hydroxylation is 2. The summed E-state index contributed by atoms with van der Waals surface area (Å²) in [6, 6.07) is 6.26. The zero-order valence-electron chi connectivity index (χ0n) is 11.4. The van der Waals surface area contributed by atoms with Crippen molar-refractivity contribution in [2.45, 2.75) is 19.8 Å². The fourth-order valence-corrected chi connectivity index (χ4v) is 2.53. The molecule has 0 aliphatic carbocycles. The van der Waals surface area contributed by atoms with Gasteiger partial charge >= 0.3 is 5.97 Å². The minimum Gasteiger partial charge on any atom is -0.481 e. The van der Waals surface area contributed by atoms with Gasteiger partial charge in [-0.1, -0.05) is 11.6 Å². The van der Waals surface area contributed by atoms with Gasteiger partial charge in [-0.25, -0.2) is 0 Å². The molecule has 0 aliphatic rings. The second kappa shape index (κ2) is 5.45. The minimum absolute atomic E-state index is 0.404. The molecule has 1 unspecified atom stereocenters. The first-order valence-corrected chi connectivity index (χ1v) is 6.50. The molecule has 2 rings (SSSR count). The Bertz CT molecular complexity index is 601. The summed E-state index contributed by atoms with van der Waals surface area (Å²) >= 11 is 0. The lowest BCUT2D eigenvalue weighted by Crippen LogP contribution is -2.20. The third-order valence-electron chi connectivity index (χ3n) is 3.56. The molecule has 1 aromatic carbocycles. The average Bonchev–Trinajstić information content (AvgIpc) is 2.65. The van der Waals surface area contributed by atoms with Gasteiger partial charge in [0.2, 0.25) is 0 Å². The van der Waals surface area contributed by atoms with Crippen LogP contribution in [0.5, 0.6) is 0 Å². The molecular formula is C15H20N2O2. The normalized spacial score (nSPS) is 12.8. The van der Waals surface area contributed by atoms with Gasteiger partial charge < -0.3 is 15.4 Å². The van der Waals surface area contributed by atoms with E-state index >= 15 is 0 Å². The number of fused-ring (bicyclic) bond motifs is 1. The fraction of sp³-hybridized carbons (Fsp3) is 0.400. The first kappa shape index (κ1) is 13.6. The Morgan fingerprint density at radius 2 is 2.21 bits per heavy atom. The molecule has 19 heavy (non-hydrogen) atoms. The number of aliphatic carboxylic acids is 1. The van der Waals surface area contributed by atoms with Crippen LogP contribution in [-0.2, 0) is 18.3 Å². The van der Waals surface area contributed by atoms with Gasteiger partial charge in [0, 0.05) is 24.1 Å². The zero-order chi connectivity index (χ0) is 14.0. The number of nitrogens with two attached hydrogens (primary N) is 1. The van der Waals surface area contributed by atoms with Crippen molar-refractivity contribution < 1.29 is 9.90 Å². The van der Waals surface area contributed by atoms with Crippen LogP contribution in [0.4, 0.5) is 0 Å². The summed E-state index contributed by atoms with van der Waals surface area (Å²) in [5.41, 5.74) is 8.90. The molecule has 0 saturated carbocycles. The summed E-state index contributed by atoms with van der Waals surface area (Å²) < 4.78 is 2.05. The molecular weight excluding hydrogens is 240 g/mol. The lowest BCUT2D eigenvalue weighted by atomic mass is 9.95. The number of carboxylic acid groups (broad SMARTS) is 1. The highest BCUT2D eigenvalue weighted by Gasteiger charge is 2.19. The molecule has 1 heterocycles. The molecule has 0 bridgehead atoms. The van der Waals surface area contributed by atoms with Crippen LogP contribution in [0.25, 0.3) is 10.9 Å². The van der Waals surface area contributed by atoms with Crippen LogP contribution >= 0.6 is 0 Å². The molecule has 0 radical (unpaired) electrons. The van der Waals surface area contributed by atoms with Crippen molar-refractivity contribution in [3.8, 4) is 0 Å². The fourth-order valence-electron chi connectivity index (χ4n) is 2.53. The van der Waals surface area contributed by atoms with Gasteiger partial charge in [0.1, 0.15) is 0 Å². The molecule has 0 fully saturated rings. The number of benzene rings is 1. The van der Waals surface area contributed by atoms with Gasteiger partial charge in [-0.05, 0) is 44.0 Å². The highest BCUT2D eigenvalue weighted by atomic mass is 16.4. The maximum Gasteiger partial charge on any atom is 0.306 e. The van der Waals surface area contributed by atoms with E-state index in [0.717, 1.165) is 16.5 Å². The SMILES string of the molecule is Cc1ccc2c(c1)c(CC(CCN)C(=O)O)cn2C. The van der Waals surface area contributed by atoms with Gasteiger partial charge in [0.05, 0.1) is 5.92 Å². The van der Waals surface area contributed by atoms with Gasteiger partial charge in [-0.2, -0.15) is 0 Å². The van der Waals surface area contributed by atoms with Crippen molar-refractivity contribution in [2.75, 3.05) is 6.54 Å². The van der Waals surface area contributed by atoms with Crippen molar-refractivity contribution in [3.63, 3.8) is 0 Å². The molecule has 0 saturated heterocycles. The molecule has 1 aromatic heterocycles. The van der Waals surface area contributed by atoms with E-state index in [1.807, 2.05) is 24.7 Å². The summed E-state index contributed by atoms with van der Waals surface area (Å²) in [4.78, 5) is 11.2. The monoisotopic (exact) mass is 260 g/mol. The summed E-state index contributed by atoms with van der Waals surface area (Å²) in [5, 5.41) is 10.4. The zero-order valence-corrected chi connectivity index (χ0v) is 11.4. The maximum atomic E-state index is 11.2. The standard InChI is InChI=1S/C15H20N2O2/c1-10-3-4-14-13(7-10)12(9-17(14)2)8-11(5-6-16)15(18)19/h3-4,7,9,11H,5-6,8,16H2,1-2H3,(H,18,19). The van der Waals surface area contributed by atoms with E-state index in [0.29, 0.717) is 19.4 Å². The predicted octanol–water partition coefficient (Wildman–Crippen LogP) is 2.08. The lowest BCUT2D eigenvalue weighted by molar-refractivity contribution is -0.141. The third kappa shape index (κ3) is 2.79. The van der Waals surface area contributed by atoms with Gasteiger partial charge in [-0.15, -0.1) is 0 Å². The van der Waals surface area contributed by atoms with E-state index in [-0.39, 0.29) is 0 Å². The Labute approximate surface area is 112 Å². The summed E-state index contributed by atoms with van der Waals surface area (Å²) in [5.74, 6) is -1.17. The van der Waals surface area contributed by atoms with Crippen molar-refractivity contribution in [2.24, 2.45) is 18.7 Å². The lowest BCUT2D eigenvalue weighted by Gasteiger charge is -2.10. The number of nitrogens with zero attached hydrogens (tertiary/aromatic N) is 1. The van der Waals surface area contributed by atoms with Crippen molar-refractivity contribution in [1.29, 1.82) is 0 Å². The smallest absolute Gasteiger partial charge is 0.306 e. The molecule has 0 amide bonds. The van der Waals surface area contributed by atoms with Gasteiger partial charge in [-0.3, -0.25) is 4.79 Å². The second-order valence-electron chi connectivity index (χ2n) is 5.10. The predicted molar refractivity (Wildman–Crippen MR) is 76.2 cm³/mol. The Balaban J connectivity index is 2.39. The molecule has 1 atom stereocenters. The van der Waals surface area contributed by atoms with Crippen LogP contribution in [0.2, 0.25) is 0 Å². The molecule has 0 spiro atoms. The number of rotatable bonds is 5. The number of carbonyl (C=O) groups is 1. The van der Waals surface area contributed by atoms with E-state index in [1.165, 1.54) is 5.56 Å². The molecule has 102 valence electrons. The molecule has 4 nitrogen and oxygen atoms in total. The Morgan fingerprint density at radius 3 is 2.84 bits per heavy atom. The van der Waals surface area contributed by atoms with Gasteiger partial charge in [0.15, 0.2) is 0 Å². The average molecular weight is 260 g/mol. The van der Waals surface area contributed by atoms with E-state index in [1.54, 1.807) is 0 Å². The van der Waals surface area contributed by atoms with Crippen molar-refractivity contribution in [3.05, 3.63) is 35.5 Å². The number of hydrogen-bond acceptors (Lipinski definition) is 2. The largest absolute Gasteiger partial charge is 0.481 e. The van der Waals surface area contributed by atoms with Crippen LogP contribution in [0.15, 0.2) is 24.4 Å². The summed E-state index contributed by atoms with van der Waals surface area (Å²) in [6.07, 6.45) is 3.07. The first-order chi connectivity index (χ1) is 9.02. The topological polar surface area (TPSA) is 68.2 Å². The van der Waals surface area contributed by atoms with Crippen LogP contribution < -0.4 is 5.73 Å². The number of carboxylic acids is 1. The van der Waals surface area contributed by atoms with Crippen LogP contribution in [0.3, 0.4) is 0 Å². The van der Waals surface area contributed by atoms with E-state index < -0.39 is 11.9 Å². The highest BCUT2D eigenvalue weighted by molar-refractivity contribution is 5.85. The molecule has 4 heteroatoms. The van der Waals surface area contributed by atoms with E-state index in [4.69, 9.17) is 5.73 Å². The van der Waals surface area contributed by atoms with Gasteiger partial charge in [0.25, 0.3) is 0 Å². The second-order valence-corrected chi connectivity index (χ2v) is 5.10. The Kier molecular flexibility index (Phi) is 3.90. The molecule has 2 aromatic rings. The first-order valence-electron chi connectivity index (χ1n) is 6.50. The van der Waals surface area contributed by atoms with Crippen LogP contribution in [0, 0.1) is 12.8 Å². The van der Waals surface area contributed by atoms with E-state index in [9.17, 15) is 9.90 Å². The van der Waals surface area contributed by atoms with E-state index in [2.05, 4.69) is 18.2 Å². The molecule has 0 aliphatic heterocycles. The number of aromatic nitrogens is 1. The highest BCUT2D eigenvalue weighted by Crippen LogP contribution is 2.25. The summed E-state index contributed by atoms with van der Waals surface area (Å²) in [7, 11) is 1.99. The Hall–Kier alpha value is -1.81. The maximum absolute atomic E-state index is 11.2. The van der Waals surface area contributed by atoms with Crippen LogP contribution in [0.1, 0.15) is 17.5 Å². The third-order valence-corrected chi connectivity index (χ3v) is 3.56. The van der Waals surface area contributed by atoms with Crippen LogP contribution in [-0.4, -0.2) is 22.2 Å². The summed E-state index contributed by atoms with van der Waals surface area (Å²) in [6.45, 7) is 2.45. The molecule has 3 N–H and O–H groups in total. The van der Waals surface area contributed by atoms with Crippen molar-refractivity contribution in [1.82, 2.24) is 4.57 Å². The Morgan fingerprint density at radius 1 is 1.47 bits per heavy atom.